The summed E-state index contributed by atoms with van der Waals surface area (Å²) >= 11 is 0. The van der Waals surface area contributed by atoms with Crippen molar-refractivity contribution >= 4 is 0 Å². The van der Waals surface area contributed by atoms with Crippen molar-refractivity contribution in [1.82, 2.24) is 15.2 Å². The van der Waals surface area contributed by atoms with Crippen LogP contribution in [0.25, 0.3) is 11.3 Å². The lowest BCUT2D eigenvalue weighted by atomic mass is 10.1. The second kappa shape index (κ2) is 3.42. The fourth-order valence-corrected chi connectivity index (χ4v) is 2.32. The van der Waals surface area contributed by atoms with Crippen LogP contribution in [0.3, 0.4) is 0 Å². The largest absolute Gasteiger partial charge is 0.320 e. The number of nitrogens with one attached hydrogen (secondary N) is 1. The Morgan fingerprint density at radius 3 is 2.72 bits per heavy atom. The maximum absolute atomic E-state index is 6.12. The van der Waals surface area contributed by atoms with Gasteiger partial charge >= 0.3 is 0 Å². The van der Waals surface area contributed by atoms with E-state index in [-0.39, 0.29) is 5.54 Å². The monoisotopic (exact) mass is 240 g/mol. The molecular weight excluding hydrogens is 224 g/mol. The van der Waals surface area contributed by atoms with Gasteiger partial charge in [0.15, 0.2) is 0 Å². The highest BCUT2D eigenvalue weighted by Crippen LogP contribution is 2.42. The van der Waals surface area contributed by atoms with Gasteiger partial charge in [0.1, 0.15) is 0 Å². The minimum atomic E-state index is -0.150. The lowest BCUT2D eigenvalue weighted by molar-refractivity contribution is 0.708. The predicted molar refractivity (Wildman–Crippen MR) is 68.9 cm³/mol. The summed E-state index contributed by atoms with van der Waals surface area (Å²) in [4.78, 5) is 4.48. The Balaban J connectivity index is 1.63. The third-order valence-electron chi connectivity index (χ3n) is 3.97. The zero-order valence-electron chi connectivity index (χ0n) is 10.2. The van der Waals surface area contributed by atoms with Crippen molar-refractivity contribution in [2.24, 2.45) is 5.73 Å². The van der Waals surface area contributed by atoms with Crippen LogP contribution in [-0.2, 0) is 5.54 Å². The van der Waals surface area contributed by atoms with Gasteiger partial charge < -0.3 is 5.73 Å². The molecule has 2 fully saturated rings. The van der Waals surface area contributed by atoms with E-state index in [1.807, 2.05) is 12.3 Å². The third-order valence-corrected chi connectivity index (χ3v) is 3.97. The fraction of sp³-hybridized carbons (Fsp3) is 0.429. The Morgan fingerprint density at radius 2 is 2.11 bits per heavy atom. The predicted octanol–water partition coefficient (Wildman–Crippen LogP) is 2.30. The van der Waals surface area contributed by atoms with Gasteiger partial charge in [-0.1, -0.05) is 0 Å². The molecule has 0 amide bonds. The summed E-state index contributed by atoms with van der Waals surface area (Å²) in [5.41, 5.74) is 10.3. The van der Waals surface area contributed by atoms with Crippen LogP contribution in [0.2, 0.25) is 0 Å². The van der Waals surface area contributed by atoms with Gasteiger partial charge in [-0.05, 0) is 43.9 Å². The maximum Gasteiger partial charge on any atom is 0.0939 e. The van der Waals surface area contributed by atoms with Crippen LogP contribution in [0.15, 0.2) is 24.4 Å². The summed E-state index contributed by atoms with van der Waals surface area (Å²) < 4.78 is 0. The molecular formula is C14H16N4. The highest BCUT2D eigenvalue weighted by molar-refractivity contribution is 5.58. The van der Waals surface area contributed by atoms with E-state index in [1.165, 1.54) is 18.5 Å². The number of aromatic amines is 1. The maximum atomic E-state index is 6.12. The van der Waals surface area contributed by atoms with Crippen LogP contribution < -0.4 is 5.73 Å². The summed E-state index contributed by atoms with van der Waals surface area (Å²) in [5, 5.41) is 7.48. The SMILES string of the molecule is NC1(c2ccc(-c3cc(C4CC4)[nH]n3)cn2)CC1. The minimum Gasteiger partial charge on any atom is -0.320 e. The molecule has 2 saturated carbocycles. The Morgan fingerprint density at radius 1 is 1.28 bits per heavy atom. The summed E-state index contributed by atoms with van der Waals surface area (Å²) in [6, 6.07) is 6.25. The van der Waals surface area contributed by atoms with Crippen molar-refractivity contribution in [2.45, 2.75) is 37.1 Å². The van der Waals surface area contributed by atoms with E-state index in [9.17, 15) is 0 Å². The van der Waals surface area contributed by atoms with Crippen molar-refractivity contribution in [2.75, 3.05) is 0 Å². The van der Waals surface area contributed by atoms with Gasteiger partial charge in [0.25, 0.3) is 0 Å². The van der Waals surface area contributed by atoms with Gasteiger partial charge in [-0.15, -0.1) is 0 Å². The Hall–Kier alpha value is -1.68. The highest BCUT2D eigenvalue weighted by Gasteiger charge is 2.41. The molecule has 0 aromatic carbocycles. The van der Waals surface area contributed by atoms with E-state index in [4.69, 9.17) is 5.73 Å². The van der Waals surface area contributed by atoms with Gasteiger partial charge in [0.05, 0.1) is 16.9 Å². The summed E-state index contributed by atoms with van der Waals surface area (Å²) in [6.45, 7) is 0. The van der Waals surface area contributed by atoms with E-state index in [0.29, 0.717) is 5.92 Å². The summed E-state index contributed by atoms with van der Waals surface area (Å²) in [6.07, 6.45) is 6.55. The number of nitrogens with zero attached hydrogens (tertiary/aromatic N) is 2. The molecule has 4 rings (SSSR count). The molecule has 2 aromatic heterocycles. The van der Waals surface area contributed by atoms with Crippen LogP contribution in [-0.4, -0.2) is 15.2 Å². The van der Waals surface area contributed by atoms with Crippen LogP contribution >= 0.6 is 0 Å². The molecule has 0 spiro atoms. The topological polar surface area (TPSA) is 67.6 Å². The molecule has 4 heteroatoms. The van der Waals surface area contributed by atoms with Gasteiger partial charge in [-0.25, -0.2) is 0 Å². The lowest BCUT2D eigenvalue weighted by Gasteiger charge is -2.07. The quantitative estimate of drug-likeness (QED) is 0.865. The Kier molecular flexibility index (Phi) is 1.95. The number of pyridine rings is 1. The average Bonchev–Trinajstić information content (AvgIpc) is 3.32. The van der Waals surface area contributed by atoms with E-state index in [1.54, 1.807) is 0 Å². The van der Waals surface area contributed by atoms with E-state index in [2.05, 4.69) is 27.3 Å². The number of hydrogen-bond acceptors (Lipinski definition) is 3. The molecule has 18 heavy (non-hydrogen) atoms. The second-order valence-corrected chi connectivity index (χ2v) is 5.57. The van der Waals surface area contributed by atoms with Crippen molar-refractivity contribution < 1.29 is 0 Å². The molecule has 2 aliphatic rings. The normalized spacial score (nSPS) is 20.9. The molecule has 0 atom stereocenters. The Labute approximate surface area is 106 Å². The van der Waals surface area contributed by atoms with Crippen LogP contribution in [0.5, 0.6) is 0 Å². The van der Waals surface area contributed by atoms with E-state index < -0.39 is 0 Å². The molecule has 0 unspecified atom stereocenters. The fourth-order valence-electron chi connectivity index (χ4n) is 2.32. The summed E-state index contributed by atoms with van der Waals surface area (Å²) in [5.74, 6) is 0.706. The van der Waals surface area contributed by atoms with Crippen molar-refractivity contribution in [3.05, 3.63) is 35.8 Å². The van der Waals surface area contributed by atoms with Crippen molar-refractivity contribution in [3.8, 4) is 11.3 Å². The molecule has 2 heterocycles. The van der Waals surface area contributed by atoms with Gasteiger partial charge in [-0.2, -0.15) is 5.10 Å². The minimum absolute atomic E-state index is 0.150. The second-order valence-electron chi connectivity index (χ2n) is 5.57. The first-order valence-electron chi connectivity index (χ1n) is 6.56. The van der Waals surface area contributed by atoms with Crippen LogP contribution in [0, 0.1) is 0 Å². The number of H-pyrrole nitrogens is 1. The van der Waals surface area contributed by atoms with Gasteiger partial charge in [-0.3, -0.25) is 10.1 Å². The standard InChI is InChI=1S/C14H16N4/c15-14(5-6-14)13-4-3-10(8-16-13)12-7-11(17-18-12)9-1-2-9/h3-4,7-9H,1-2,5-6,15H2,(H,17,18). The molecule has 4 nitrogen and oxygen atoms in total. The summed E-state index contributed by atoms with van der Waals surface area (Å²) in [7, 11) is 0. The van der Waals surface area contributed by atoms with Gasteiger partial charge in [0.2, 0.25) is 0 Å². The van der Waals surface area contributed by atoms with E-state index >= 15 is 0 Å². The van der Waals surface area contributed by atoms with Crippen LogP contribution in [0.1, 0.15) is 43.0 Å². The smallest absolute Gasteiger partial charge is 0.0939 e. The molecule has 0 saturated heterocycles. The molecule has 0 aliphatic heterocycles. The first-order valence-corrected chi connectivity index (χ1v) is 6.56. The molecule has 92 valence electrons. The van der Waals surface area contributed by atoms with Gasteiger partial charge in [0, 0.05) is 23.4 Å². The van der Waals surface area contributed by atoms with Crippen LogP contribution in [0.4, 0.5) is 0 Å². The first kappa shape index (κ1) is 10.3. The van der Waals surface area contributed by atoms with Crippen molar-refractivity contribution in [1.29, 1.82) is 0 Å². The number of aromatic nitrogens is 3. The molecule has 3 N–H and O–H groups in total. The highest BCUT2D eigenvalue weighted by atomic mass is 15.1. The molecule has 0 radical (unpaired) electrons. The third kappa shape index (κ3) is 1.64. The zero-order chi connectivity index (χ0) is 12.2. The zero-order valence-corrected chi connectivity index (χ0v) is 10.2. The number of rotatable bonds is 3. The average molecular weight is 240 g/mol. The number of nitrogens with two attached hydrogens (primary N) is 1. The first-order chi connectivity index (χ1) is 8.74. The molecule has 2 aliphatic carbocycles. The Bertz CT molecular complexity index is 576. The lowest BCUT2D eigenvalue weighted by Crippen LogP contribution is -2.19. The number of hydrogen-bond donors (Lipinski definition) is 2. The molecule has 0 bridgehead atoms. The van der Waals surface area contributed by atoms with E-state index in [0.717, 1.165) is 29.8 Å². The molecule has 2 aromatic rings. The van der Waals surface area contributed by atoms with Crippen molar-refractivity contribution in [3.63, 3.8) is 0 Å².